The van der Waals surface area contributed by atoms with Crippen molar-refractivity contribution in [3.8, 4) is 0 Å². The fraction of sp³-hybridized carbons (Fsp3) is 0.333. The van der Waals surface area contributed by atoms with Gasteiger partial charge in [-0.25, -0.2) is 0 Å². The Morgan fingerprint density at radius 3 is 2.05 bits per heavy atom. The molecule has 1 aromatic carbocycles. The Bertz CT molecular complexity index is 706. The predicted molar refractivity (Wildman–Crippen MR) is 91.9 cm³/mol. The third-order valence-electron chi connectivity index (χ3n) is 3.74. The Labute approximate surface area is 148 Å². The molecule has 1 fully saturated rings. The molecule has 0 unspecified atom stereocenters. The van der Waals surface area contributed by atoms with Crippen molar-refractivity contribution in [2.24, 2.45) is 5.10 Å². The van der Waals surface area contributed by atoms with Gasteiger partial charge in [0.2, 0.25) is 0 Å². The van der Waals surface area contributed by atoms with Crippen molar-refractivity contribution in [2.45, 2.75) is 19.3 Å². The number of carbonyl (C=O) groups excluding carboxylic acids is 1. The molecule has 1 aromatic rings. The normalized spacial score (nSPS) is 19.7. The van der Waals surface area contributed by atoms with Gasteiger partial charge in [-0.3, -0.25) is 9.80 Å². The van der Waals surface area contributed by atoms with Crippen LogP contribution in [0, 0.1) is 0 Å². The van der Waals surface area contributed by atoms with Gasteiger partial charge in [0.1, 0.15) is 0 Å². The molecule has 1 aliphatic carbocycles. The van der Waals surface area contributed by atoms with Crippen molar-refractivity contribution in [1.82, 2.24) is 5.01 Å². The molecule has 0 bridgehead atoms. The van der Waals surface area contributed by atoms with Gasteiger partial charge < -0.3 is 0 Å². The molecule has 1 saturated heterocycles. The van der Waals surface area contributed by atoms with Gasteiger partial charge in [-0.1, -0.05) is 46.4 Å². The molecule has 0 aromatic heterocycles. The highest BCUT2D eigenvalue weighted by Crippen LogP contribution is 2.43. The summed E-state index contributed by atoms with van der Waals surface area (Å²) < 4.78 is 0. The molecule has 1 aliphatic heterocycles. The third-order valence-corrected chi connectivity index (χ3v) is 5.55. The first-order chi connectivity index (χ1) is 10.5. The highest BCUT2D eigenvalue weighted by Gasteiger charge is 2.29. The summed E-state index contributed by atoms with van der Waals surface area (Å²) in [5, 5.41) is 7.15. The minimum Gasteiger partial charge on any atom is -0.296 e. The summed E-state index contributed by atoms with van der Waals surface area (Å²) in [7, 11) is 0. The third kappa shape index (κ3) is 2.76. The zero-order chi connectivity index (χ0) is 15.9. The molecule has 0 atom stereocenters. The molecule has 3 rings (SSSR count). The second-order valence-electron chi connectivity index (χ2n) is 5.20. The predicted octanol–water partition coefficient (Wildman–Crippen LogP) is 5.24. The average molecular weight is 378 g/mol. The summed E-state index contributed by atoms with van der Waals surface area (Å²) in [6.07, 6.45) is 6.48. The fourth-order valence-electron chi connectivity index (χ4n) is 2.64. The van der Waals surface area contributed by atoms with Crippen molar-refractivity contribution >= 4 is 57.9 Å². The van der Waals surface area contributed by atoms with Crippen LogP contribution in [0.3, 0.4) is 0 Å². The Hall–Kier alpha value is -0.740. The van der Waals surface area contributed by atoms with Crippen LogP contribution < -0.4 is 0 Å². The quantitative estimate of drug-likeness (QED) is 0.495. The maximum atomic E-state index is 12.2. The molecule has 7 heteroatoms. The van der Waals surface area contributed by atoms with Crippen LogP contribution in [-0.4, -0.2) is 29.6 Å². The van der Waals surface area contributed by atoms with E-state index < -0.39 is 0 Å². The lowest BCUT2D eigenvalue weighted by Gasteiger charge is -2.26. The molecule has 22 heavy (non-hydrogen) atoms. The molecule has 0 spiro atoms. The largest absolute Gasteiger partial charge is 0.296 e. The second-order valence-corrected chi connectivity index (χ2v) is 6.71. The van der Waals surface area contributed by atoms with Gasteiger partial charge in [0, 0.05) is 18.7 Å². The number of hydrazone groups is 1. The monoisotopic (exact) mass is 376 g/mol. The van der Waals surface area contributed by atoms with Crippen molar-refractivity contribution < 1.29 is 4.79 Å². The minimum absolute atomic E-state index is 0.0908. The van der Waals surface area contributed by atoms with E-state index in [1.54, 1.807) is 6.08 Å². The number of hydrogen-bond acceptors (Lipinski definition) is 3. The van der Waals surface area contributed by atoms with E-state index in [0.717, 1.165) is 25.9 Å². The molecule has 0 amide bonds. The number of piperidine rings is 1. The molecular weight excluding hydrogens is 366 g/mol. The van der Waals surface area contributed by atoms with Gasteiger partial charge in [0.25, 0.3) is 0 Å². The van der Waals surface area contributed by atoms with Gasteiger partial charge in [-0.05, 0) is 31.4 Å². The maximum Gasteiger partial charge on any atom is 0.188 e. The number of halogens is 4. The van der Waals surface area contributed by atoms with Crippen LogP contribution in [0.25, 0.3) is 0 Å². The standard InChI is InChI=1S/C15H12Cl4N2O/c16-12-10-8(20-21-6-2-1-3-7-21)4-5-9(22)11(10)13(17)15(19)14(12)18/h4-5H,1-3,6-7H2. The molecular formula is C15H12Cl4N2O. The van der Waals surface area contributed by atoms with E-state index in [-0.39, 0.29) is 31.4 Å². The molecule has 1 heterocycles. The molecule has 0 radical (unpaired) electrons. The maximum absolute atomic E-state index is 12.2. The number of nitrogens with zero attached hydrogens (tertiary/aromatic N) is 2. The van der Waals surface area contributed by atoms with Crippen LogP contribution >= 0.6 is 46.4 Å². The number of rotatable bonds is 1. The van der Waals surface area contributed by atoms with E-state index in [1.165, 1.54) is 12.5 Å². The van der Waals surface area contributed by atoms with E-state index in [4.69, 9.17) is 46.4 Å². The highest BCUT2D eigenvalue weighted by molar-refractivity contribution is 6.55. The summed E-state index contributed by atoms with van der Waals surface area (Å²) in [6.45, 7) is 1.76. The van der Waals surface area contributed by atoms with Crippen molar-refractivity contribution in [3.63, 3.8) is 0 Å². The van der Waals surface area contributed by atoms with Crippen LogP contribution in [0.4, 0.5) is 0 Å². The Balaban J connectivity index is 2.16. The minimum atomic E-state index is -0.252. The summed E-state index contributed by atoms with van der Waals surface area (Å²) >= 11 is 24.7. The number of hydrogen-bond donors (Lipinski definition) is 0. The lowest BCUT2D eigenvalue weighted by Crippen LogP contribution is -2.27. The van der Waals surface area contributed by atoms with Crippen molar-refractivity contribution in [3.05, 3.63) is 43.4 Å². The van der Waals surface area contributed by atoms with Crippen LogP contribution in [0.15, 0.2) is 17.3 Å². The summed E-state index contributed by atoms with van der Waals surface area (Å²) in [5.74, 6) is -0.252. The van der Waals surface area contributed by atoms with E-state index in [0.29, 0.717) is 11.3 Å². The average Bonchev–Trinajstić information content (AvgIpc) is 2.53. The second kappa shape index (κ2) is 6.40. The fourth-order valence-corrected chi connectivity index (χ4v) is 3.68. The van der Waals surface area contributed by atoms with Gasteiger partial charge in [0.05, 0.1) is 31.4 Å². The molecule has 0 saturated carbocycles. The highest BCUT2D eigenvalue weighted by atomic mass is 35.5. The Morgan fingerprint density at radius 1 is 0.818 bits per heavy atom. The van der Waals surface area contributed by atoms with Gasteiger partial charge in [0.15, 0.2) is 5.78 Å². The van der Waals surface area contributed by atoms with E-state index >= 15 is 0 Å². The summed E-state index contributed by atoms with van der Waals surface area (Å²) in [5.41, 5.74) is 1.31. The lowest BCUT2D eigenvalue weighted by atomic mass is 9.94. The first-order valence-corrected chi connectivity index (χ1v) is 8.44. The van der Waals surface area contributed by atoms with Gasteiger partial charge in [-0.15, -0.1) is 0 Å². The van der Waals surface area contributed by atoms with E-state index in [1.807, 2.05) is 5.01 Å². The van der Waals surface area contributed by atoms with Crippen molar-refractivity contribution in [2.75, 3.05) is 13.1 Å². The van der Waals surface area contributed by atoms with Crippen LogP contribution in [0.5, 0.6) is 0 Å². The van der Waals surface area contributed by atoms with Crippen LogP contribution in [0.1, 0.15) is 35.2 Å². The Kier molecular flexibility index (Phi) is 4.69. The molecule has 3 nitrogen and oxygen atoms in total. The number of fused-ring (bicyclic) bond motifs is 1. The Morgan fingerprint density at radius 2 is 1.41 bits per heavy atom. The number of allylic oxidation sites excluding steroid dienone is 2. The summed E-state index contributed by atoms with van der Waals surface area (Å²) in [6, 6.07) is 0. The first-order valence-electron chi connectivity index (χ1n) is 6.93. The molecule has 2 aliphatic rings. The first kappa shape index (κ1) is 16.1. The van der Waals surface area contributed by atoms with Crippen LogP contribution in [-0.2, 0) is 0 Å². The van der Waals surface area contributed by atoms with E-state index in [9.17, 15) is 4.79 Å². The molecule has 116 valence electrons. The molecule has 0 N–H and O–H groups in total. The number of ketones is 1. The van der Waals surface area contributed by atoms with E-state index in [2.05, 4.69) is 5.10 Å². The topological polar surface area (TPSA) is 32.7 Å². The lowest BCUT2D eigenvalue weighted by molar-refractivity contribution is 0.104. The number of carbonyl (C=O) groups is 1. The summed E-state index contributed by atoms with van der Waals surface area (Å²) in [4.78, 5) is 12.2. The zero-order valence-corrected chi connectivity index (χ0v) is 14.5. The van der Waals surface area contributed by atoms with Crippen LogP contribution in [0.2, 0.25) is 20.1 Å². The van der Waals surface area contributed by atoms with Crippen molar-refractivity contribution in [1.29, 1.82) is 0 Å². The SMILES string of the molecule is O=C1C=CC(=NN2CCCCC2)c2c(Cl)c(Cl)c(Cl)c(Cl)c21. The van der Waals surface area contributed by atoms with Gasteiger partial charge >= 0.3 is 0 Å². The zero-order valence-electron chi connectivity index (χ0n) is 11.5. The smallest absolute Gasteiger partial charge is 0.188 e. The number of benzene rings is 1. The van der Waals surface area contributed by atoms with Gasteiger partial charge in [-0.2, -0.15) is 5.10 Å².